The van der Waals surface area contributed by atoms with Crippen LogP contribution in [-0.4, -0.2) is 54.3 Å². The average molecular weight is 490 g/mol. The number of hydrogen-bond donors (Lipinski definition) is 0. The summed E-state index contributed by atoms with van der Waals surface area (Å²) in [6.07, 6.45) is 0.702. The summed E-state index contributed by atoms with van der Waals surface area (Å²) in [5.74, 6) is -3.82. The van der Waals surface area contributed by atoms with Crippen molar-refractivity contribution < 1.29 is 28.3 Å². The summed E-state index contributed by atoms with van der Waals surface area (Å²) in [6, 6.07) is 17.0. The van der Waals surface area contributed by atoms with Crippen LogP contribution in [0.2, 0.25) is 0 Å². The first kappa shape index (κ1) is 23.7. The van der Waals surface area contributed by atoms with Gasteiger partial charge in [-0.2, -0.15) is 0 Å². The Morgan fingerprint density at radius 1 is 1.06 bits per heavy atom. The molecule has 9 nitrogen and oxygen atoms in total. The number of ether oxygens (including phenoxy) is 2. The van der Waals surface area contributed by atoms with Gasteiger partial charge in [-0.1, -0.05) is 48.5 Å². The molecule has 186 valence electrons. The van der Waals surface area contributed by atoms with Crippen molar-refractivity contribution in [2.75, 3.05) is 25.5 Å². The van der Waals surface area contributed by atoms with Crippen LogP contribution < -0.4 is 4.90 Å². The molecule has 0 radical (unpaired) electrons. The Hall–Kier alpha value is -3.98. The number of carbonyl (C=O) groups excluding carboxylic acids is 3. The number of esters is 2. The summed E-state index contributed by atoms with van der Waals surface area (Å²) in [6.45, 7) is 2.29. The fourth-order valence-electron chi connectivity index (χ4n) is 4.95. The van der Waals surface area contributed by atoms with Crippen LogP contribution in [0, 0.1) is 12.8 Å². The van der Waals surface area contributed by atoms with E-state index in [0.717, 1.165) is 16.8 Å². The van der Waals surface area contributed by atoms with E-state index in [1.807, 2.05) is 68.4 Å². The lowest BCUT2D eigenvalue weighted by atomic mass is 9.87. The zero-order valence-corrected chi connectivity index (χ0v) is 20.4. The molecule has 1 saturated heterocycles. The average Bonchev–Trinajstić information content (AvgIpc) is 3.37. The highest BCUT2D eigenvalue weighted by Crippen LogP contribution is 2.45. The fourth-order valence-corrected chi connectivity index (χ4v) is 4.95. The lowest BCUT2D eigenvalue weighted by Crippen LogP contribution is -2.63. The predicted octanol–water partition coefficient (Wildman–Crippen LogP) is 3.10. The molecule has 1 spiro atoms. The molecule has 0 bridgehead atoms. The minimum atomic E-state index is -1.84. The second-order valence-corrected chi connectivity index (χ2v) is 9.32. The number of amides is 1. The molecule has 9 heteroatoms. The van der Waals surface area contributed by atoms with Gasteiger partial charge in [-0.15, -0.1) is 0 Å². The summed E-state index contributed by atoms with van der Waals surface area (Å²) < 4.78 is 17.1. The molecule has 5 rings (SSSR count). The SMILES string of the molecule is Cc1nc(CCC(=O)N2c3ccccc3CC(CN(C)C)C23OC(=O)C(=O)O3)oc1-c1ccccc1. The summed E-state index contributed by atoms with van der Waals surface area (Å²) in [7, 11) is 3.74. The van der Waals surface area contributed by atoms with Crippen molar-refractivity contribution in [1.82, 2.24) is 9.88 Å². The Labute approximate surface area is 208 Å². The first-order chi connectivity index (χ1) is 17.3. The van der Waals surface area contributed by atoms with Crippen LogP contribution in [0.5, 0.6) is 0 Å². The third-order valence-electron chi connectivity index (χ3n) is 6.44. The quantitative estimate of drug-likeness (QED) is 0.385. The van der Waals surface area contributed by atoms with Gasteiger partial charge in [0.2, 0.25) is 5.91 Å². The number of nitrogens with zero attached hydrogens (tertiary/aromatic N) is 3. The molecular formula is C27H27N3O6. The van der Waals surface area contributed by atoms with Gasteiger partial charge in [0.1, 0.15) is 0 Å². The number of rotatable bonds is 6. The maximum atomic E-state index is 13.8. The van der Waals surface area contributed by atoms with E-state index < -0.39 is 23.8 Å². The number of aromatic nitrogens is 1. The van der Waals surface area contributed by atoms with E-state index >= 15 is 0 Å². The Bertz CT molecular complexity index is 1300. The molecule has 0 saturated carbocycles. The molecule has 1 fully saturated rings. The van der Waals surface area contributed by atoms with Crippen molar-refractivity contribution >= 4 is 23.5 Å². The minimum Gasteiger partial charge on any atom is -0.440 e. The molecule has 1 aromatic heterocycles. The van der Waals surface area contributed by atoms with Gasteiger partial charge in [-0.25, -0.2) is 19.5 Å². The van der Waals surface area contributed by atoms with Crippen LogP contribution in [0.15, 0.2) is 59.0 Å². The molecule has 36 heavy (non-hydrogen) atoms. The van der Waals surface area contributed by atoms with E-state index in [4.69, 9.17) is 13.9 Å². The normalized spacial score (nSPS) is 18.3. The van der Waals surface area contributed by atoms with Gasteiger partial charge in [-0.05, 0) is 39.1 Å². The van der Waals surface area contributed by atoms with Gasteiger partial charge in [0, 0.05) is 24.9 Å². The summed E-state index contributed by atoms with van der Waals surface area (Å²) in [5, 5.41) is 0. The van der Waals surface area contributed by atoms with Crippen LogP contribution in [0.25, 0.3) is 11.3 Å². The third-order valence-corrected chi connectivity index (χ3v) is 6.44. The largest absolute Gasteiger partial charge is 0.440 e. The Morgan fingerprint density at radius 2 is 1.72 bits per heavy atom. The predicted molar refractivity (Wildman–Crippen MR) is 130 cm³/mol. The van der Waals surface area contributed by atoms with Crippen LogP contribution in [0.1, 0.15) is 23.6 Å². The van der Waals surface area contributed by atoms with Crippen molar-refractivity contribution in [3.05, 3.63) is 71.7 Å². The van der Waals surface area contributed by atoms with E-state index in [0.29, 0.717) is 30.3 Å². The Kier molecular flexibility index (Phi) is 6.09. The molecule has 2 aliphatic heterocycles. The standard InChI is InChI=1S/C27H27N3O6/c1-17-24(18-9-5-4-6-10-18)34-22(28-17)13-14-23(31)30-21-12-8-7-11-19(21)15-20(16-29(2)3)27(30)35-25(32)26(33)36-27/h4-12,20H,13-16H2,1-3H3. The molecule has 2 aromatic carbocycles. The van der Waals surface area contributed by atoms with E-state index in [-0.39, 0.29) is 18.7 Å². The van der Waals surface area contributed by atoms with Gasteiger partial charge in [-0.3, -0.25) is 4.79 Å². The number of anilines is 1. The van der Waals surface area contributed by atoms with Crippen molar-refractivity contribution in [2.45, 2.75) is 32.1 Å². The van der Waals surface area contributed by atoms with Crippen molar-refractivity contribution in [2.24, 2.45) is 5.92 Å². The van der Waals surface area contributed by atoms with Crippen molar-refractivity contribution in [3.63, 3.8) is 0 Å². The molecule has 1 amide bonds. The maximum Gasteiger partial charge on any atom is 0.422 e. The lowest BCUT2D eigenvalue weighted by molar-refractivity contribution is -0.206. The van der Waals surface area contributed by atoms with Gasteiger partial charge in [0.05, 0.1) is 17.3 Å². The highest BCUT2D eigenvalue weighted by atomic mass is 16.8. The zero-order chi connectivity index (χ0) is 25.4. The molecule has 0 N–H and O–H groups in total. The van der Waals surface area contributed by atoms with Gasteiger partial charge >= 0.3 is 17.8 Å². The smallest absolute Gasteiger partial charge is 0.422 e. The Balaban J connectivity index is 1.46. The molecule has 1 atom stereocenters. The van der Waals surface area contributed by atoms with Gasteiger partial charge in [0.25, 0.3) is 0 Å². The monoisotopic (exact) mass is 489 g/mol. The van der Waals surface area contributed by atoms with Crippen molar-refractivity contribution in [3.8, 4) is 11.3 Å². The van der Waals surface area contributed by atoms with Gasteiger partial charge in [0.15, 0.2) is 11.7 Å². The topological polar surface area (TPSA) is 102 Å². The number of carbonyl (C=O) groups is 3. The highest BCUT2D eigenvalue weighted by molar-refractivity contribution is 6.31. The van der Waals surface area contributed by atoms with E-state index in [1.165, 1.54) is 4.90 Å². The molecule has 3 heterocycles. The van der Waals surface area contributed by atoms with Crippen LogP contribution >= 0.6 is 0 Å². The lowest BCUT2D eigenvalue weighted by Gasteiger charge is -2.46. The van der Waals surface area contributed by atoms with Crippen LogP contribution in [-0.2, 0) is 36.7 Å². The summed E-state index contributed by atoms with van der Waals surface area (Å²) in [4.78, 5) is 46.0. The number of fused-ring (bicyclic) bond motifs is 1. The summed E-state index contributed by atoms with van der Waals surface area (Å²) >= 11 is 0. The number of oxazole rings is 1. The molecule has 2 aliphatic rings. The zero-order valence-electron chi connectivity index (χ0n) is 20.4. The Morgan fingerprint density at radius 3 is 2.42 bits per heavy atom. The van der Waals surface area contributed by atoms with E-state index in [9.17, 15) is 14.4 Å². The second kappa shape index (κ2) is 9.23. The fraction of sp³-hybridized carbons (Fsp3) is 0.333. The maximum absolute atomic E-state index is 13.8. The molecule has 3 aromatic rings. The van der Waals surface area contributed by atoms with Crippen molar-refractivity contribution in [1.29, 1.82) is 0 Å². The minimum absolute atomic E-state index is 0.00799. The third kappa shape index (κ3) is 4.15. The summed E-state index contributed by atoms with van der Waals surface area (Å²) in [5.41, 5.74) is 3.09. The first-order valence-electron chi connectivity index (χ1n) is 11.8. The highest BCUT2D eigenvalue weighted by Gasteiger charge is 2.62. The van der Waals surface area contributed by atoms with E-state index in [1.54, 1.807) is 12.1 Å². The molecule has 0 aliphatic carbocycles. The van der Waals surface area contributed by atoms with E-state index in [2.05, 4.69) is 4.98 Å². The van der Waals surface area contributed by atoms with Crippen LogP contribution in [0.3, 0.4) is 0 Å². The number of para-hydroxylation sites is 1. The van der Waals surface area contributed by atoms with Crippen LogP contribution in [0.4, 0.5) is 5.69 Å². The number of aryl methyl sites for hydroxylation is 2. The molecular weight excluding hydrogens is 462 g/mol. The molecule has 1 unspecified atom stereocenters. The second-order valence-electron chi connectivity index (χ2n) is 9.32. The number of hydrogen-bond acceptors (Lipinski definition) is 8. The van der Waals surface area contributed by atoms with Gasteiger partial charge < -0.3 is 18.8 Å². The number of benzene rings is 2. The first-order valence-corrected chi connectivity index (χ1v) is 11.8.